The Hall–Kier alpha value is -2.16. The van der Waals surface area contributed by atoms with Crippen molar-refractivity contribution in [1.29, 1.82) is 0 Å². The molecular formula is C17H20O3. The molecule has 0 radical (unpaired) electrons. The number of aryl methyl sites for hydroxylation is 1. The molecular weight excluding hydrogens is 252 g/mol. The zero-order valence-corrected chi connectivity index (χ0v) is 12.0. The van der Waals surface area contributed by atoms with Gasteiger partial charge in [-0.2, -0.15) is 0 Å². The van der Waals surface area contributed by atoms with E-state index in [2.05, 4.69) is 0 Å². The highest BCUT2D eigenvalue weighted by molar-refractivity contribution is 5.33. The molecule has 3 heteroatoms. The average Bonchev–Trinajstić information content (AvgIpc) is 2.46. The lowest BCUT2D eigenvalue weighted by molar-refractivity contribution is 0.215. The molecule has 2 aromatic rings. The smallest absolute Gasteiger partial charge is 0.123 e. The number of benzene rings is 2. The molecule has 0 heterocycles. The molecule has 3 nitrogen and oxygen atoms in total. The van der Waals surface area contributed by atoms with Crippen LogP contribution in [0.15, 0.2) is 48.5 Å². The van der Waals surface area contributed by atoms with E-state index in [-0.39, 0.29) is 0 Å². The molecule has 0 bridgehead atoms. The fourth-order valence-corrected chi connectivity index (χ4v) is 1.85. The van der Waals surface area contributed by atoms with Gasteiger partial charge in [0.1, 0.15) is 30.5 Å². The van der Waals surface area contributed by atoms with Gasteiger partial charge in [0, 0.05) is 6.07 Å². The molecule has 0 unspecified atom stereocenters. The van der Waals surface area contributed by atoms with Gasteiger partial charge in [-0.15, -0.1) is 0 Å². The van der Waals surface area contributed by atoms with Crippen LogP contribution in [0.5, 0.6) is 17.2 Å². The third kappa shape index (κ3) is 4.19. The number of rotatable bonds is 7. The molecule has 0 aliphatic heterocycles. The van der Waals surface area contributed by atoms with E-state index in [1.54, 1.807) is 0 Å². The second-order valence-electron chi connectivity index (χ2n) is 4.37. The minimum Gasteiger partial charge on any atom is -0.494 e. The Labute approximate surface area is 120 Å². The second kappa shape index (κ2) is 7.43. The molecule has 0 aromatic heterocycles. The average molecular weight is 272 g/mol. The molecule has 0 fully saturated rings. The molecule has 2 aromatic carbocycles. The van der Waals surface area contributed by atoms with Crippen LogP contribution < -0.4 is 14.2 Å². The number of para-hydroxylation sites is 1. The standard InChI is InChI=1S/C17H20O3/c1-3-18-15-8-6-9-16(13-15)19-11-12-20-17-10-5-4-7-14(17)2/h4-10,13H,3,11-12H2,1-2H3. The van der Waals surface area contributed by atoms with E-state index in [0.717, 1.165) is 22.8 Å². The largest absolute Gasteiger partial charge is 0.494 e. The molecule has 106 valence electrons. The first kappa shape index (κ1) is 14.3. The highest BCUT2D eigenvalue weighted by Gasteiger charge is 1.99. The highest BCUT2D eigenvalue weighted by Crippen LogP contribution is 2.19. The van der Waals surface area contributed by atoms with Crippen LogP contribution in [0.1, 0.15) is 12.5 Å². The topological polar surface area (TPSA) is 27.7 Å². The van der Waals surface area contributed by atoms with Crippen molar-refractivity contribution < 1.29 is 14.2 Å². The monoisotopic (exact) mass is 272 g/mol. The van der Waals surface area contributed by atoms with Crippen molar-refractivity contribution in [2.75, 3.05) is 19.8 Å². The molecule has 0 aliphatic rings. The summed E-state index contributed by atoms with van der Waals surface area (Å²) >= 11 is 0. The van der Waals surface area contributed by atoms with E-state index in [9.17, 15) is 0 Å². The minimum absolute atomic E-state index is 0.504. The van der Waals surface area contributed by atoms with Crippen molar-refractivity contribution >= 4 is 0 Å². The van der Waals surface area contributed by atoms with Crippen molar-refractivity contribution in [2.24, 2.45) is 0 Å². The Kier molecular flexibility index (Phi) is 5.30. The van der Waals surface area contributed by atoms with E-state index in [0.29, 0.717) is 19.8 Å². The van der Waals surface area contributed by atoms with Gasteiger partial charge in [-0.3, -0.25) is 0 Å². The Bertz CT molecular complexity index is 537. The van der Waals surface area contributed by atoms with Gasteiger partial charge in [0.05, 0.1) is 6.61 Å². The van der Waals surface area contributed by atoms with Gasteiger partial charge in [-0.1, -0.05) is 24.3 Å². The van der Waals surface area contributed by atoms with E-state index in [4.69, 9.17) is 14.2 Å². The Morgan fingerprint density at radius 1 is 0.800 bits per heavy atom. The summed E-state index contributed by atoms with van der Waals surface area (Å²) in [5.74, 6) is 2.52. The van der Waals surface area contributed by atoms with Crippen LogP contribution in [-0.4, -0.2) is 19.8 Å². The lowest BCUT2D eigenvalue weighted by Gasteiger charge is -2.11. The van der Waals surface area contributed by atoms with Gasteiger partial charge >= 0.3 is 0 Å². The molecule has 0 atom stereocenters. The minimum atomic E-state index is 0.504. The van der Waals surface area contributed by atoms with E-state index in [1.807, 2.05) is 62.4 Å². The predicted octanol–water partition coefficient (Wildman–Crippen LogP) is 3.85. The zero-order chi connectivity index (χ0) is 14.2. The SMILES string of the molecule is CCOc1cccc(OCCOc2ccccc2C)c1. The Balaban J connectivity index is 1.78. The van der Waals surface area contributed by atoms with Crippen molar-refractivity contribution in [1.82, 2.24) is 0 Å². The third-order valence-electron chi connectivity index (χ3n) is 2.82. The number of hydrogen-bond acceptors (Lipinski definition) is 3. The molecule has 0 N–H and O–H groups in total. The summed E-state index contributed by atoms with van der Waals surface area (Å²) in [7, 11) is 0. The van der Waals surface area contributed by atoms with Crippen LogP contribution >= 0.6 is 0 Å². The van der Waals surface area contributed by atoms with Crippen LogP contribution in [0.25, 0.3) is 0 Å². The van der Waals surface area contributed by atoms with Crippen LogP contribution in [0.3, 0.4) is 0 Å². The van der Waals surface area contributed by atoms with Gasteiger partial charge in [-0.25, -0.2) is 0 Å². The van der Waals surface area contributed by atoms with E-state index in [1.165, 1.54) is 0 Å². The lowest BCUT2D eigenvalue weighted by Crippen LogP contribution is -2.09. The molecule has 0 aliphatic carbocycles. The van der Waals surface area contributed by atoms with E-state index < -0.39 is 0 Å². The summed E-state index contributed by atoms with van der Waals surface area (Å²) in [6.07, 6.45) is 0. The summed E-state index contributed by atoms with van der Waals surface area (Å²) in [5.41, 5.74) is 1.13. The van der Waals surface area contributed by atoms with Crippen molar-refractivity contribution in [3.63, 3.8) is 0 Å². The lowest BCUT2D eigenvalue weighted by atomic mass is 10.2. The maximum atomic E-state index is 5.68. The van der Waals surface area contributed by atoms with Crippen molar-refractivity contribution in [3.8, 4) is 17.2 Å². The van der Waals surface area contributed by atoms with Gasteiger partial charge in [0.2, 0.25) is 0 Å². The van der Waals surface area contributed by atoms with Gasteiger partial charge in [0.15, 0.2) is 0 Å². The summed E-state index contributed by atoms with van der Waals surface area (Å²) in [6, 6.07) is 15.6. The van der Waals surface area contributed by atoms with Crippen LogP contribution in [-0.2, 0) is 0 Å². The molecule has 20 heavy (non-hydrogen) atoms. The maximum Gasteiger partial charge on any atom is 0.123 e. The van der Waals surface area contributed by atoms with Crippen LogP contribution in [0.2, 0.25) is 0 Å². The first-order valence-corrected chi connectivity index (χ1v) is 6.83. The summed E-state index contributed by atoms with van der Waals surface area (Å²) in [6.45, 7) is 5.67. The van der Waals surface area contributed by atoms with Crippen molar-refractivity contribution in [3.05, 3.63) is 54.1 Å². The second-order valence-corrected chi connectivity index (χ2v) is 4.37. The Morgan fingerprint density at radius 3 is 2.25 bits per heavy atom. The highest BCUT2D eigenvalue weighted by atomic mass is 16.5. The summed E-state index contributed by atoms with van der Waals surface area (Å²) in [4.78, 5) is 0. The maximum absolute atomic E-state index is 5.68. The first-order valence-electron chi connectivity index (χ1n) is 6.83. The molecule has 0 amide bonds. The van der Waals surface area contributed by atoms with Gasteiger partial charge in [0.25, 0.3) is 0 Å². The molecule has 0 saturated heterocycles. The predicted molar refractivity (Wildman–Crippen MR) is 79.8 cm³/mol. The normalized spacial score (nSPS) is 10.1. The fourth-order valence-electron chi connectivity index (χ4n) is 1.85. The van der Waals surface area contributed by atoms with Crippen LogP contribution in [0.4, 0.5) is 0 Å². The first-order chi connectivity index (χ1) is 9.79. The van der Waals surface area contributed by atoms with Crippen molar-refractivity contribution in [2.45, 2.75) is 13.8 Å². The molecule has 0 spiro atoms. The van der Waals surface area contributed by atoms with E-state index >= 15 is 0 Å². The van der Waals surface area contributed by atoms with Gasteiger partial charge in [-0.05, 0) is 37.6 Å². The quantitative estimate of drug-likeness (QED) is 0.716. The van der Waals surface area contributed by atoms with Crippen LogP contribution in [0, 0.1) is 6.92 Å². The summed E-state index contributed by atoms with van der Waals surface area (Å²) in [5, 5.41) is 0. The number of hydrogen-bond donors (Lipinski definition) is 0. The molecule has 2 rings (SSSR count). The zero-order valence-electron chi connectivity index (χ0n) is 12.0. The Morgan fingerprint density at radius 2 is 1.50 bits per heavy atom. The molecule has 0 saturated carbocycles. The number of ether oxygens (including phenoxy) is 3. The summed E-state index contributed by atoms with van der Waals surface area (Å²) < 4.78 is 16.8. The third-order valence-corrected chi connectivity index (χ3v) is 2.82. The van der Waals surface area contributed by atoms with Gasteiger partial charge < -0.3 is 14.2 Å². The fraction of sp³-hybridized carbons (Fsp3) is 0.294.